The number of hydrogen-bond acceptors (Lipinski definition) is 3. The van der Waals surface area contributed by atoms with E-state index in [1.165, 1.54) is 25.9 Å². The molecule has 0 atom stereocenters. The zero-order chi connectivity index (χ0) is 9.97. The van der Waals surface area contributed by atoms with E-state index in [1.54, 1.807) is 0 Å². The van der Waals surface area contributed by atoms with Gasteiger partial charge >= 0.3 is 0 Å². The molecule has 0 aromatic rings. The summed E-state index contributed by atoms with van der Waals surface area (Å²) in [7, 11) is 0. The van der Waals surface area contributed by atoms with Gasteiger partial charge in [-0.15, -0.1) is 0 Å². The highest BCUT2D eigenvalue weighted by molar-refractivity contribution is 4.83. The van der Waals surface area contributed by atoms with E-state index < -0.39 is 0 Å². The number of piperidine rings is 1. The van der Waals surface area contributed by atoms with Crippen LogP contribution in [0, 0.1) is 0 Å². The average molecular weight is 198 g/mol. The second kappa shape index (κ2) is 4.60. The van der Waals surface area contributed by atoms with E-state index in [1.807, 2.05) is 0 Å². The molecule has 0 amide bonds. The van der Waals surface area contributed by atoms with E-state index in [0.717, 1.165) is 31.7 Å². The van der Waals surface area contributed by atoms with Crippen LogP contribution < -0.4 is 5.73 Å². The Labute approximate surface area is 86.3 Å². The molecule has 82 valence electrons. The molecule has 0 aromatic heterocycles. The monoisotopic (exact) mass is 198 g/mol. The smallest absolute Gasteiger partial charge is 0.0541 e. The molecule has 3 N–H and O–H groups in total. The number of likely N-dealkylation sites (tertiary alicyclic amines) is 1. The van der Waals surface area contributed by atoms with Crippen LogP contribution in [0.15, 0.2) is 0 Å². The number of nitrogens with two attached hydrogens (primary N) is 1. The van der Waals surface area contributed by atoms with Crippen LogP contribution in [0.1, 0.15) is 38.5 Å². The first kappa shape index (κ1) is 10.4. The maximum Gasteiger partial charge on any atom is 0.0541 e. The molecular formula is C11H22N2O. The van der Waals surface area contributed by atoms with Crippen LogP contribution in [0.5, 0.6) is 0 Å². The van der Waals surface area contributed by atoms with Crippen molar-refractivity contribution < 1.29 is 5.11 Å². The lowest BCUT2D eigenvalue weighted by atomic mass is 9.90. The van der Waals surface area contributed by atoms with Crippen LogP contribution in [0.3, 0.4) is 0 Å². The second-order valence-corrected chi connectivity index (χ2v) is 4.84. The Morgan fingerprint density at radius 1 is 0.929 bits per heavy atom. The largest absolute Gasteiger partial charge is 0.393 e. The van der Waals surface area contributed by atoms with Crippen molar-refractivity contribution in [3.8, 4) is 0 Å². The average Bonchev–Trinajstić information content (AvgIpc) is 2.21. The summed E-state index contributed by atoms with van der Waals surface area (Å²) in [6.45, 7) is 2.34. The molecule has 1 saturated heterocycles. The minimum absolute atomic E-state index is 0.0294. The highest BCUT2D eigenvalue weighted by Crippen LogP contribution is 2.25. The highest BCUT2D eigenvalue weighted by atomic mass is 16.3. The molecular weight excluding hydrogens is 176 g/mol. The van der Waals surface area contributed by atoms with Gasteiger partial charge in [-0.1, -0.05) is 0 Å². The topological polar surface area (TPSA) is 49.5 Å². The predicted octanol–water partition coefficient (Wildman–Crippen LogP) is 0.713. The van der Waals surface area contributed by atoms with Crippen molar-refractivity contribution >= 4 is 0 Å². The first-order valence-electron chi connectivity index (χ1n) is 5.93. The lowest BCUT2D eigenvalue weighted by Crippen LogP contribution is -2.46. The van der Waals surface area contributed by atoms with Crippen LogP contribution in [0.4, 0.5) is 0 Å². The van der Waals surface area contributed by atoms with Crippen LogP contribution in [0.25, 0.3) is 0 Å². The van der Waals surface area contributed by atoms with E-state index in [2.05, 4.69) is 4.90 Å². The summed E-state index contributed by atoms with van der Waals surface area (Å²) in [6, 6.07) is 1.16. The van der Waals surface area contributed by atoms with Gasteiger partial charge in [0.05, 0.1) is 6.10 Å². The van der Waals surface area contributed by atoms with Crippen molar-refractivity contribution in [1.29, 1.82) is 0 Å². The van der Waals surface area contributed by atoms with Crippen LogP contribution >= 0.6 is 0 Å². The summed E-state index contributed by atoms with van der Waals surface area (Å²) in [5.41, 5.74) is 5.88. The molecule has 14 heavy (non-hydrogen) atoms. The molecule has 1 saturated carbocycles. The molecule has 1 aliphatic heterocycles. The van der Waals surface area contributed by atoms with Crippen molar-refractivity contribution in [3.63, 3.8) is 0 Å². The molecule has 0 spiro atoms. The van der Waals surface area contributed by atoms with Gasteiger partial charge in [0.25, 0.3) is 0 Å². The molecule has 2 aliphatic rings. The Balaban J connectivity index is 1.78. The maximum absolute atomic E-state index is 9.43. The summed E-state index contributed by atoms with van der Waals surface area (Å²) in [6.07, 6.45) is 6.61. The number of nitrogens with zero attached hydrogens (tertiary/aromatic N) is 1. The standard InChI is InChI=1S/C11H22N2O/c12-9-5-7-13(8-6-9)10-1-3-11(14)4-2-10/h9-11,14H,1-8,12H2. The SMILES string of the molecule is NC1CCN(C2CCC(O)CC2)CC1. The van der Waals surface area contributed by atoms with Crippen molar-refractivity contribution in [2.45, 2.75) is 56.7 Å². The summed E-state index contributed by atoms with van der Waals surface area (Å²) < 4.78 is 0. The minimum Gasteiger partial charge on any atom is -0.393 e. The van der Waals surface area contributed by atoms with Gasteiger partial charge in [0.2, 0.25) is 0 Å². The fraction of sp³-hybridized carbons (Fsp3) is 1.00. The third-order valence-corrected chi connectivity index (χ3v) is 3.76. The minimum atomic E-state index is -0.0294. The Kier molecular flexibility index (Phi) is 3.42. The number of hydrogen-bond donors (Lipinski definition) is 2. The number of aliphatic hydroxyl groups excluding tert-OH is 1. The third kappa shape index (κ3) is 2.47. The summed E-state index contributed by atoms with van der Waals surface area (Å²) in [4.78, 5) is 2.58. The first-order chi connectivity index (χ1) is 6.75. The Morgan fingerprint density at radius 2 is 1.50 bits per heavy atom. The van der Waals surface area contributed by atoms with E-state index in [4.69, 9.17) is 5.73 Å². The van der Waals surface area contributed by atoms with Gasteiger partial charge < -0.3 is 15.7 Å². The second-order valence-electron chi connectivity index (χ2n) is 4.84. The lowest BCUT2D eigenvalue weighted by molar-refractivity contribution is 0.0622. The molecule has 3 heteroatoms. The zero-order valence-corrected chi connectivity index (χ0v) is 8.86. The van der Waals surface area contributed by atoms with Gasteiger partial charge in [-0.05, 0) is 51.6 Å². The third-order valence-electron chi connectivity index (χ3n) is 3.76. The Hall–Kier alpha value is -0.120. The molecule has 0 aromatic carbocycles. The normalized spacial score (nSPS) is 37.3. The summed E-state index contributed by atoms with van der Waals surface area (Å²) in [5.74, 6) is 0. The van der Waals surface area contributed by atoms with E-state index in [-0.39, 0.29) is 6.10 Å². The Bertz CT molecular complexity index is 150. The fourth-order valence-electron chi connectivity index (χ4n) is 2.71. The van der Waals surface area contributed by atoms with Crippen LogP contribution in [-0.4, -0.2) is 41.3 Å². The van der Waals surface area contributed by atoms with Crippen molar-refractivity contribution in [3.05, 3.63) is 0 Å². The van der Waals surface area contributed by atoms with Gasteiger partial charge in [0.1, 0.15) is 0 Å². The van der Waals surface area contributed by atoms with Gasteiger partial charge in [0.15, 0.2) is 0 Å². The van der Waals surface area contributed by atoms with Gasteiger partial charge in [-0.3, -0.25) is 0 Å². The van der Waals surface area contributed by atoms with E-state index in [0.29, 0.717) is 6.04 Å². The molecule has 0 unspecified atom stereocenters. The van der Waals surface area contributed by atoms with Crippen molar-refractivity contribution in [2.75, 3.05) is 13.1 Å². The maximum atomic E-state index is 9.43. The lowest BCUT2D eigenvalue weighted by Gasteiger charge is -2.39. The summed E-state index contributed by atoms with van der Waals surface area (Å²) in [5, 5.41) is 9.43. The molecule has 0 bridgehead atoms. The van der Waals surface area contributed by atoms with Crippen molar-refractivity contribution in [1.82, 2.24) is 4.90 Å². The predicted molar refractivity (Wildman–Crippen MR) is 57.0 cm³/mol. The molecule has 0 radical (unpaired) electrons. The van der Waals surface area contributed by atoms with Gasteiger partial charge in [-0.2, -0.15) is 0 Å². The quantitative estimate of drug-likeness (QED) is 0.652. The van der Waals surface area contributed by atoms with Gasteiger partial charge in [0, 0.05) is 12.1 Å². The fourth-order valence-corrected chi connectivity index (χ4v) is 2.71. The summed E-state index contributed by atoms with van der Waals surface area (Å²) >= 11 is 0. The molecule has 3 nitrogen and oxygen atoms in total. The highest BCUT2D eigenvalue weighted by Gasteiger charge is 2.27. The molecule has 2 rings (SSSR count). The van der Waals surface area contributed by atoms with Crippen molar-refractivity contribution in [2.24, 2.45) is 5.73 Å². The molecule has 2 fully saturated rings. The Morgan fingerprint density at radius 3 is 2.07 bits per heavy atom. The molecule has 1 heterocycles. The molecule has 1 aliphatic carbocycles. The number of rotatable bonds is 1. The van der Waals surface area contributed by atoms with E-state index >= 15 is 0 Å². The van der Waals surface area contributed by atoms with E-state index in [9.17, 15) is 5.11 Å². The zero-order valence-electron chi connectivity index (χ0n) is 8.86. The number of aliphatic hydroxyl groups is 1. The van der Waals surface area contributed by atoms with Crippen LogP contribution in [0.2, 0.25) is 0 Å². The first-order valence-corrected chi connectivity index (χ1v) is 5.93. The van der Waals surface area contributed by atoms with Gasteiger partial charge in [-0.25, -0.2) is 0 Å². The van der Waals surface area contributed by atoms with Crippen LogP contribution in [-0.2, 0) is 0 Å².